The molecule has 5 heteroatoms. The third kappa shape index (κ3) is 4.49. The van der Waals surface area contributed by atoms with Crippen LogP contribution in [0.1, 0.15) is 26.7 Å². The van der Waals surface area contributed by atoms with E-state index in [-0.39, 0.29) is 10.0 Å². The molecule has 88 valence electrons. The first kappa shape index (κ1) is 13.6. The van der Waals surface area contributed by atoms with Crippen molar-refractivity contribution in [3.63, 3.8) is 0 Å². The van der Waals surface area contributed by atoms with Crippen molar-refractivity contribution in [1.29, 1.82) is 0 Å². The number of ether oxygens (including phenoxy) is 1. The second-order valence-corrected chi connectivity index (χ2v) is 7.62. The predicted molar refractivity (Wildman–Crippen MR) is 72.0 cm³/mol. The molecule has 1 rings (SSSR count). The molecular formula is C10H18O2S3. The van der Waals surface area contributed by atoms with Gasteiger partial charge in [0.1, 0.15) is 0 Å². The van der Waals surface area contributed by atoms with E-state index >= 15 is 0 Å². The molecule has 2 atom stereocenters. The summed E-state index contributed by atoms with van der Waals surface area (Å²) in [6.45, 7) is 4.54. The number of carbonyl (C=O) groups excluding carboxylic acids is 1. The minimum atomic E-state index is -0.0748. The molecule has 0 aromatic carbocycles. The van der Waals surface area contributed by atoms with E-state index < -0.39 is 0 Å². The zero-order valence-corrected chi connectivity index (χ0v) is 11.7. The molecule has 2 nitrogen and oxygen atoms in total. The van der Waals surface area contributed by atoms with Gasteiger partial charge in [-0.25, -0.2) is 0 Å². The molecule has 0 N–H and O–H groups in total. The lowest BCUT2D eigenvalue weighted by molar-refractivity contribution is -0.143. The molecule has 0 spiro atoms. The van der Waals surface area contributed by atoms with Gasteiger partial charge in [-0.15, -0.1) is 23.5 Å². The number of rotatable bonds is 5. The molecule has 0 aromatic heterocycles. The number of hydrogen-bond donors (Lipinski definition) is 1. The molecule has 1 aliphatic rings. The minimum Gasteiger partial charge on any atom is -0.466 e. The second-order valence-electron chi connectivity index (χ2n) is 3.67. The van der Waals surface area contributed by atoms with Crippen LogP contribution in [0.25, 0.3) is 0 Å². The highest BCUT2D eigenvalue weighted by molar-refractivity contribution is 8.21. The Bertz CT molecular complexity index is 223. The van der Waals surface area contributed by atoms with Crippen LogP contribution in [-0.2, 0) is 9.53 Å². The summed E-state index contributed by atoms with van der Waals surface area (Å²) in [5, 5.41) is 0.630. The molecule has 0 aromatic rings. The van der Waals surface area contributed by atoms with Crippen LogP contribution in [-0.4, -0.2) is 33.4 Å². The van der Waals surface area contributed by atoms with Gasteiger partial charge in [0.2, 0.25) is 0 Å². The van der Waals surface area contributed by atoms with Gasteiger partial charge in [-0.2, -0.15) is 12.6 Å². The second kappa shape index (κ2) is 6.30. The van der Waals surface area contributed by atoms with Gasteiger partial charge >= 0.3 is 5.97 Å². The quantitative estimate of drug-likeness (QED) is 0.611. The van der Waals surface area contributed by atoms with Gasteiger partial charge in [0.15, 0.2) is 0 Å². The summed E-state index contributed by atoms with van der Waals surface area (Å²) < 4.78 is 5.11. The molecule has 0 bridgehead atoms. The Morgan fingerprint density at radius 1 is 1.67 bits per heavy atom. The summed E-state index contributed by atoms with van der Waals surface area (Å²) in [4.78, 5) is 11.2. The fourth-order valence-electron chi connectivity index (χ4n) is 1.47. The van der Waals surface area contributed by atoms with Crippen molar-refractivity contribution < 1.29 is 9.53 Å². The summed E-state index contributed by atoms with van der Waals surface area (Å²) in [7, 11) is 0. The van der Waals surface area contributed by atoms with Crippen LogP contribution in [0.2, 0.25) is 0 Å². The number of carbonyl (C=O) groups is 1. The van der Waals surface area contributed by atoms with E-state index in [2.05, 4.69) is 19.6 Å². The Kier molecular flexibility index (Phi) is 5.71. The Labute approximate surface area is 106 Å². The zero-order chi connectivity index (χ0) is 11.3. The highest BCUT2D eigenvalue weighted by Crippen LogP contribution is 2.50. The van der Waals surface area contributed by atoms with Crippen molar-refractivity contribution >= 4 is 42.1 Å². The molecule has 2 unspecified atom stereocenters. The van der Waals surface area contributed by atoms with Crippen LogP contribution in [0.5, 0.6) is 0 Å². The fraction of sp³-hybridized carbons (Fsp3) is 0.900. The van der Waals surface area contributed by atoms with Gasteiger partial charge in [0.05, 0.1) is 10.7 Å². The van der Waals surface area contributed by atoms with Crippen molar-refractivity contribution in [1.82, 2.24) is 0 Å². The smallest absolute Gasteiger partial charge is 0.305 e. The van der Waals surface area contributed by atoms with Gasteiger partial charge < -0.3 is 4.74 Å². The molecule has 15 heavy (non-hydrogen) atoms. The Morgan fingerprint density at radius 2 is 2.40 bits per heavy atom. The Morgan fingerprint density at radius 3 is 2.93 bits per heavy atom. The fourth-order valence-corrected chi connectivity index (χ4v) is 5.26. The average molecular weight is 266 g/mol. The van der Waals surface area contributed by atoms with E-state index in [0.29, 0.717) is 18.3 Å². The zero-order valence-electron chi connectivity index (χ0n) is 9.19. The summed E-state index contributed by atoms with van der Waals surface area (Å²) in [6, 6.07) is 0. The maximum Gasteiger partial charge on any atom is 0.305 e. The monoisotopic (exact) mass is 266 g/mol. The van der Waals surface area contributed by atoms with Crippen molar-refractivity contribution in [3.8, 4) is 0 Å². The first-order valence-electron chi connectivity index (χ1n) is 5.18. The van der Waals surface area contributed by atoms with Gasteiger partial charge in [0.25, 0.3) is 0 Å². The molecular weight excluding hydrogens is 248 g/mol. The Hall–Kier alpha value is 0.520. The lowest BCUT2D eigenvalue weighted by atomic mass is 10.2. The van der Waals surface area contributed by atoms with Crippen LogP contribution >= 0.6 is 36.2 Å². The largest absolute Gasteiger partial charge is 0.466 e. The van der Waals surface area contributed by atoms with Crippen molar-refractivity contribution in [2.24, 2.45) is 0 Å². The number of thiol groups is 1. The van der Waals surface area contributed by atoms with E-state index in [0.717, 1.165) is 17.9 Å². The topological polar surface area (TPSA) is 26.3 Å². The SMILES string of the molecule is CCOC(=O)CCC1(C)SCC(CS)S1. The highest BCUT2D eigenvalue weighted by atomic mass is 32.2. The van der Waals surface area contributed by atoms with Gasteiger partial charge in [-0.05, 0) is 20.3 Å². The summed E-state index contributed by atoms with van der Waals surface area (Å²) in [5.41, 5.74) is 0. The molecule has 1 fully saturated rings. The highest BCUT2D eigenvalue weighted by Gasteiger charge is 2.36. The molecule has 0 radical (unpaired) electrons. The molecule has 1 heterocycles. The summed E-state index contributed by atoms with van der Waals surface area (Å²) in [5.74, 6) is 1.99. The van der Waals surface area contributed by atoms with Gasteiger partial charge in [0, 0.05) is 23.2 Å². The maximum absolute atomic E-state index is 11.2. The van der Waals surface area contributed by atoms with Crippen molar-refractivity contribution in [2.45, 2.75) is 36.0 Å². The minimum absolute atomic E-state index is 0.0748. The van der Waals surface area contributed by atoms with Crippen LogP contribution in [0.4, 0.5) is 0 Å². The van der Waals surface area contributed by atoms with Crippen molar-refractivity contribution in [2.75, 3.05) is 18.1 Å². The number of thioether (sulfide) groups is 2. The molecule has 1 aliphatic heterocycles. The van der Waals surface area contributed by atoms with E-state index in [9.17, 15) is 4.79 Å². The lowest BCUT2D eigenvalue weighted by Gasteiger charge is -2.21. The summed E-state index contributed by atoms with van der Waals surface area (Å²) >= 11 is 8.21. The number of esters is 1. The van der Waals surface area contributed by atoms with Crippen LogP contribution in [0, 0.1) is 0 Å². The molecule has 1 saturated heterocycles. The van der Waals surface area contributed by atoms with E-state index in [1.54, 1.807) is 0 Å². The van der Waals surface area contributed by atoms with Crippen LogP contribution in [0.3, 0.4) is 0 Å². The third-order valence-corrected chi connectivity index (χ3v) is 6.58. The molecule has 0 amide bonds. The van der Waals surface area contributed by atoms with Crippen LogP contribution in [0.15, 0.2) is 0 Å². The first-order valence-corrected chi connectivity index (χ1v) is 7.67. The van der Waals surface area contributed by atoms with Crippen LogP contribution < -0.4 is 0 Å². The number of hydrogen-bond acceptors (Lipinski definition) is 5. The third-order valence-electron chi connectivity index (χ3n) is 2.28. The average Bonchev–Trinajstić information content (AvgIpc) is 2.59. The normalized spacial score (nSPS) is 30.5. The van der Waals surface area contributed by atoms with Gasteiger partial charge in [-0.1, -0.05) is 0 Å². The van der Waals surface area contributed by atoms with Gasteiger partial charge in [-0.3, -0.25) is 4.79 Å². The van der Waals surface area contributed by atoms with E-state index in [4.69, 9.17) is 4.74 Å². The van der Waals surface area contributed by atoms with Crippen molar-refractivity contribution in [3.05, 3.63) is 0 Å². The van der Waals surface area contributed by atoms with E-state index in [1.165, 1.54) is 0 Å². The molecule has 0 aliphatic carbocycles. The predicted octanol–water partition coefficient (Wildman–Crippen LogP) is 2.82. The van der Waals surface area contributed by atoms with E-state index in [1.807, 2.05) is 30.4 Å². The lowest BCUT2D eigenvalue weighted by Crippen LogP contribution is -2.16. The standard InChI is InChI=1S/C10H18O2S3/c1-3-12-9(11)4-5-10(2)14-7-8(6-13)15-10/h8,13H,3-7H2,1-2H3. The first-order chi connectivity index (χ1) is 7.09. The Balaban J connectivity index is 2.29. The summed E-state index contributed by atoms with van der Waals surface area (Å²) in [6.07, 6.45) is 1.43. The molecule has 0 saturated carbocycles. The maximum atomic E-state index is 11.2.